The third-order valence-corrected chi connectivity index (χ3v) is 3.63. The van der Waals surface area contributed by atoms with Crippen molar-refractivity contribution in [3.8, 4) is 5.75 Å². The number of likely N-dealkylation sites (N-methyl/N-ethyl adjacent to an activating group) is 1. The SMILES string of the molecule is C[C@@H](C(=O)Nc1ccccc1F)N(C)CCOc1ccccc1. The van der Waals surface area contributed by atoms with E-state index >= 15 is 0 Å². The summed E-state index contributed by atoms with van der Waals surface area (Å²) in [6.07, 6.45) is 0. The number of nitrogens with one attached hydrogen (secondary N) is 1. The molecule has 122 valence electrons. The lowest BCUT2D eigenvalue weighted by Gasteiger charge is -2.24. The third-order valence-electron chi connectivity index (χ3n) is 3.63. The number of rotatable bonds is 7. The van der Waals surface area contributed by atoms with Gasteiger partial charge in [-0.1, -0.05) is 30.3 Å². The summed E-state index contributed by atoms with van der Waals surface area (Å²) in [5.41, 5.74) is 0.193. The van der Waals surface area contributed by atoms with Gasteiger partial charge in [0.15, 0.2) is 0 Å². The summed E-state index contributed by atoms with van der Waals surface area (Å²) < 4.78 is 19.2. The van der Waals surface area contributed by atoms with Crippen LogP contribution in [0.1, 0.15) is 6.92 Å². The Balaban J connectivity index is 1.80. The zero-order valence-electron chi connectivity index (χ0n) is 13.3. The summed E-state index contributed by atoms with van der Waals surface area (Å²) in [4.78, 5) is 14.0. The molecule has 0 fully saturated rings. The number of carbonyl (C=O) groups is 1. The van der Waals surface area contributed by atoms with Crippen molar-refractivity contribution in [2.24, 2.45) is 0 Å². The largest absolute Gasteiger partial charge is 0.492 e. The van der Waals surface area contributed by atoms with E-state index in [4.69, 9.17) is 4.74 Å². The summed E-state index contributed by atoms with van der Waals surface area (Å²) in [7, 11) is 1.83. The Labute approximate surface area is 135 Å². The van der Waals surface area contributed by atoms with E-state index in [2.05, 4.69) is 5.32 Å². The van der Waals surface area contributed by atoms with E-state index in [0.29, 0.717) is 13.2 Å². The van der Waals surface area contributed by atoms with Gasteiger partial charge < -0.3 is 10.1 Å². The van der Waals surface area contributed by atoms with Crippen LogP contribution in [0.2, 0.25) is 0 Å². The number of halogens is 1. The maximum Gasteiger partial charge on any atom is 0.241 e. The molecule has 0 aliphatic rings. The van der Waals surface area contributed by atoms with Crippen LogP contribution in [0.4, 0.5) is 10.1 Å². The van der Waals surface area contributed by atoms with Crippen molar-refractivity contribution >= 4 is 11.6 Å². The van der Waals surface area contributed by atoms with Crippen molar-refractivity contribution in [1.29, 1.82) is 0 Å². The van der Waals surface area contributed by atoms with Crippen LogP contribution in [0.5, 0.6) is 5.75 Å². The topological polar surface area (TPSA) is 41.6 Å². The first-order valence-corrected chi connectivity index (χ1v) is 7.51. The zero-order chi connectivity index (χ0) is 16.7. The van der Waals surface area contributed by atoms with Crippen molar-refractivity contribution < 1.29 is 13.9 Å². The van der Waals surface area contributed by atoms with Crippen molar-refractivity contribution in [1.82, 2.24) is 4.90 Å². The van der Waals surface area contributed by atoms with Gasteiger partial charge in [-0.15, -0.1) is 0 Å². The average molecular weight is 316 g/mol. The van der Waals surface area contributed by atoms with Crippen LogP contribution in [0.25, 0.3) is 0 Å². The van der Waals surface area contributed by atoms with E-state index in [0.717, 1.165) is 5.75 Å². The molecule has 0 spiro atoms. The molecule has 1 atom stereocenters. The number of amides is 1. The summed E-state index contributed by atoms with van der Waals surface area (Å²) in [6.45, 7) is 2.83. The number of hydrogen-bond donors (Lipinski definition) is 1. The van der Waals surface area contributed by atoms with Gasteiger partial charge in [-0.2, -0.15) is 0 Å². The molecule has 0 aromatic heterocycles. The molecule has 0 saturated heterocycles. The molecule has 2 aromatic carbocycles. The fraction of sp³-hybridized carbons (Fsp3) is 0.278. The minimum absolute atomic E-state index is 0.193. The number of ether oxygens (including phenoxy) is 1. The molecule has 2 rings (SSSR count). The minimum atomic E-state index is -0.442. The molecular formula is C18H21FN2O2. The second-order valence-electron chi connectivity index (χ2n) is 5.29. The summed E-state index contributed by atoms with van der Waals surface area (Å²) in [5, 5.41) is 2.60. The normalized spacial score (nSPS) is 12.0. The Morgan fingerprint density at radius 2 is 1.83 bits per heavy atom. The Morgan fingerprint density at radius 3 is 2.52 bits per heavy atom. The number of anilines is 1. The highest BCUT2D eigenvalue weighted by Gasteiger charge is 2.18. The second-order valence-corrected chi connectivity index (χ2v) is 5.29. The summed E-state index contributed by atoms with van der Waals surface area (Å²) >= 11 is 0. The highest BCUT2D eigenvalue weighted by atomic mass is 19.1. The molecule has 0 bridgehead atoms. The Hall–Kier alpha value is -2.40. The highest BCUT2D eigenvalue weighted by molar-refractivity contribution is 5.94. The predicted octanol–water partition coefficient (Wildman–Crippen LogP) is 3.16. The summed E-state index contributed by atoms with van der Waals surface area (Å²) in [5.74, 6) is 0.102. The molecule has 5 heteroatoms. The first-order valence-electron chi connectivity index (χ1n) is 7.51. The predicted molar refractivity (Wildman–Crippen MR) is 89.1 cm³/mol. The van der Waals surface area contributed by atoms with E-state index in [9.17, 15) is 9.18 Å². The number of para-hydroxylation sites is 2. The van der Waals surface area contributed by atoms with E-state index in [1.54, 1.807) is 25.1 Å². The van der Waals surface area contributed by atoms with Crippen LogP contribution in [-0.2, 0) is 4.79 Å². The van der Waals surface area contributed by atoms with Gasteiger partial charge in [-0.3, -0.25) is 9.69 Å². The van der Waals surface area contributed by atoms with Crippen LogP contribution in [0.15, 0.2) is 54.6 Å². The Kier molecular flexibility index (Phi) is 6.11. The van der Waals surface area contributed by atoms with Crippen LogP contribution >= 0.6 is 0 Å². The molecule has 1 amide bonds. The van der Waals surface area contributed by atoms with Gasteiger partial charge in [-0.25, -0.2) is 4.39 Å². The number of benzene rings is 2. The number of carbonyl (C=O) groups excluding carboxylic acids is 1. The third kappa shape index (κ3) is 5.07. The van der Waals surface area contributed by atoms with Crippen LogP contribution in [0.3, 0.4) is 0 Å². The van der Waals surface area contributed by atoms with Gasteiger partial charge >= 0.3 is 0 Å². The lowest BCUT2D eigenvalue weighted by molar-refractivity contribution is -0.120. The standard InChI is InChI=1S/C18H21FN2O2/c1-14(18(22)20-17-11-7-6-10-16(17)19)21(2)12-13-23-15-8-4-3-5-9-15/h3-11,14H,12-13H2,1-2H3,(H,20,22)/t14-/m0/s1. The van der Waals surface area contributed by atoms with Crippen molar-refractivity contribution in [3.05, 3.63) is 60.4 Å². The van der Waals surface area contributed by atoms with Crippen molar-refractivity contribution in [2.75, 3.05) is 25.5 Å². The maximum absolute atomic E-state index is 13.6. The average Bonchev–Trinajstić information content (AvgIpc) is 2.57. The number of nitrogens with zero attached hydrogens (tertiary/aromatic N) is 1. The molecule has 0 heterocycles. The highest BCUT2D eigenvalue weighted by Crippen LogP contribution is 2.13. The van der Waals surface area contributed by atoms with E-state index in [1.807, 2.05) is 42.3 Å². The first kappa shape index (κ1) is 17.0. The lowest BCUT2D eigenvalue weighted by atomic mass is 10.2. The second kappa shape index (κ2) is 8.29. The molecule has 0 saturated carbocycles. The van der Waals surface area contributed by atoms with Crippen molar-refractivity contribution in [2.45, 2.75) is 13.0 Å². The van der Waals surface area contributed by atoms with Gasteiger partial charge in [0.1, 0.15) is 18.2 Å². The molecular weight excluding hydrogens is 295 g/mol. The monoisotopic (exact) mass is 316 g/mol. The lowest BCUT2D eigenvalue weighted by Crippen LogP contribution is -2.41. The van der Waals surface area contributed by atoms with Gasteiger partial charge in [-0.05, 0) is 38.2 Å². The molecule has 0 aliphatic carbocycles. The van der Waals surface area contributed by atoms with Gasteiger partial charge in [0.25, 0.3) is 0 Å². The first-order chi connectivity index (χ1) is 11.1. The van der Waals surface area contributed by atoms with Crippen molar-refractivity contribution in [3.63, 3.8) is 0 Å². The Bertz CT molecular complexity index is 634. The fourth-order valence-corrected chi connectivity index (χ4v) is 2.02. The fourth-order valence-electron chi connectivity index (χ4n) is 2.02. The Morgan fingerprint density at radius 1 is 1.17 bits per heavy atom. The molecule has 1 N–H and O–H groups in total. The minimum Gasteiger partial charge on any atom is -0.492 e. The smallest absolute Gasteiger partial charge is 0.241 e. The van der Waals surface area contributed by atoms with Crippen LogP contribution in [0, 0.1) is 5.82 Å². The van der Waals surface area contributed by atoms with Gasteiger partial charge in [0.2, 0.25) is 5.91 Å². The quantitative estimate of drug-likeness (QED) is 0.853. The van der Waals surface area contributed by atoms with Crippen LogP contribution < -0.4 is 10.1 Å². The van der Waals surface area contributed by atoms with Gasteiger partial charge in [0, 0.05) is 6.54 Å². The van der Waals surface area contributed by atoms with Crippen LogP contribution in [-0.4, -0.2) is 37.0 Å². The molecule has 2 aromatic rings. The van der Waals surface area contributed by atoms with E-state index in [1.165, 1.54) is 6.07 Å². The molecule has 4 nitrogen and oxygen atoms in total. The molecule has 0 unspecified atom stereocenters. The van der Waals surface area contributed by atoms with Gasteiger partial charge in [0.05, 0.1) is 11.7 Å². The molecule has 23 heavy (non-hydrogen) atoms. The molecule has 0 aliphatic heterocycles. The number of hydrogen-bond acceptors (Lipinski definition) is 3. The van der Waals surface area contributed by atoms with E-state index < -0.39 is 11.9 Å². The van der Waals surface area contributed by atoms with E-state index in [-0.39, 0.29) is 11.6 Å². The summed E-state index contributed by atoms with van der Waals surface area (Å²) in [6, 6.07) is 15.2. The molecule has 0 radical (unpaired) electrons. The zero-order valence-corrected chi connectivity index (χ0v) is 13.3. The maximum atomic E-state index is 13.6.